The first kappa shape index (κ1) is 13.1. The largest absolute Gasteiger partial charge is 0.392 e. The summed E-state index contributed by atoms with van der Waals surface area (Å²) in [6, 6.07) is 13.6. The van der Waals surface area contributed by atoms with Crippen molar-refractivity contribution in [1.29, 1.82) is 0 Å². The van der Waals surface area contributed by atoms with Crippen molar-refractivity contribution in [3.8, 4) is 11.1 Å². The zero-order valence-electron chi connectivity index (χ0n) is 10.2. The van der Waals surface area contributed by atoms with Crippen LogP contribution in [-0.2, 0) is 18.0 Å². The normalized spacial score (nSPS) is 10.6. The minimum absolute atomic E-state index is 0.0613. The van der Waals surface area contributed by atoms with E-state index in [0.717, 1.165) is 22.3 Å². The first-order valence-electron chi connectivity index (χ1n) is 5.72. The molecule has 2 aromatic carbocycles. The van der Waals surface area contributed by atoms with Crippen molar-refractivity contribution in [1.82, 2.24) is 0 Å². The van der Waals surface area contributed by atoms with E-state index >= 15 is 0 Å². The fraction of sp³-hybridized carbons (Fsp3) is 0.200. The molecule has 0 bridgehead atoms. The Hall–Kier alpha value is -1.35. The van der Waals surface area contributed by atoms with Gasteiger partial charge in [-0.1, -0.05) is 41.9 Å². The number of methoxy groups -OCH3 is 1. The quantitative estimate of drug-likeness (QED) is 0.911. The molecule has 3 heteroatoms. The van der Waals surface area contributed by atoms with Crippen LogP contribution in [0.15, 0.2) is 42.5 Å². The van der Waals surface area contributed by atoms with Gasteiger partial charge in [-0.3, -0.25) is 0 Å². The van der Waals surface area contributed by atoms with Crippen LogP contribution in [0.1, 0.15) is 11.1 Å². The first-order chi connectivity index (χ1) is 8.74. The summed E-state index contributed by atoms with van der Waals surface area (Å²) in [6.45, 7) is 0.587. The van der Waals surface area contributed by atoms with Crippen LogP contribution in [0, 0.1) is 0 Å². The van der Waals surface area contributed by atoms with Gasteiger partial charge in [0.15, 0.2) is 0 Å². The van der Waals surface area contributed by atoms with Crippen LogP contribution < -0.4 is 0 Å². The van der Waals surface area contributed by atoms with Crippen LogP contribution in [0.2, 0.25) is 5.02 Å². The molecule has 18 heavy (non-hydrogen) atoms. The molecule has 0 aliphatic heterocycles. The zero-order chi connectivity index (χ0) is 13.0. The average molecular weight is 263 g/mol. The van der Waals surface area contributed by atoms with E-state index in [4.69, 9.17) is 21.4 Å². The molecule has 2 rings (SSSR count). The highest BCUT2D eigenvalue weighted by Crippen LogP contribution is 2.27. The Morgan fingerprint density at radius 1 is 1.11 bits per heavy atom. The molecule has 0 amide bonds. The number of halogens is 1. The highest BCUT2D eigenvalue weighted by Gasteiger charge is 2.06. The standard InChI is InChI=1S/C15H15ClO2/c1-18-10-13-8-14(16)6-7-15(13)12-4-2-11(9-17)3-5-12/h2-8,17H,9-10H2,1H3. The van der Waals surface area contributed by atoms with Crippen molar-refractivity contribution in [3.63, 3.8) is 0 Å². The number of aliphatic hydroxyl groups is 1. The van der Waals surface area contributed by atoms with Gasteiger partial charge in [-0.15, -0.1) is 0 Å². The third-order valence-corrected chi connectivity index (χ3v) is 3.05. The van der Waals surface area contributed by atoms with E-state index in [1.807, 2.05) is 42.5 Å². The van der Waals surface area contributed by atoms with E-state index in [1.54, 1.807) is 7.11 Å². The maximum Gasteiger partial charge on any atom is 0.0719 e. The van der Waals surface area contributed by atoms with Crippen molar-refractivity contribution < 1.29 is 9.84 Å². The maximum absolute atomic E-state index is 9.04. The Morgan fingerprint density at radius 2 is 1.83 bits per heavy atom. The molecule has 2 aromatic rings. The number of ether oxygens (including phenoxy) is 1. The van der Waals surface area contributed by atoms with Gasteiger partial charge >= 0.3 is 0 Å². The predicted molar refractivity (Wildman–Crippen MR) is 73.5 cm³/mol. The summed E-state index contributed by atoms with van der Waals surface area (Å²) in [5, 5.41) is 9.74. The summed E-state index contributed by atoms with van der Waals surface area (Å²) in [6.07, 6.45) is 0. The zero-order valence-corrected chi connectivity index (χ0v) is 10.9. The SMILES string of the molecule is COCc1cc(Cl)ccc1-c1ccc(CO)cc1. The topological polar surface area (TPSA) is 29.5 Å². The van der Waals surface area contributed by atoms with Gasteiger partial charge in [0.2, 0.25) is 0 Å². The maximum atomic E-state index is 9.04. The molecule has 0 radical (unpaired) electrons. The molecule has 0 aliphatic carbocycles. The summed E-state index contributed by atoms with van der Waals surface area (Å²) >= 11 is 6.00. The summed E-state index contributed by atoms with van der Waals surface area (Å²) in [4.78, 5) is 0. The van der Waals surface area contributed by atoms with Gasteiger partial charge in [0.05, 0.1) is 13.2 Å². The van der Waals surface area contributed by atoms with E-state index in [0.29, 0.717) is 11.6 Å². The number of benzene rings is 2. The Labute approximate surface area is 112 Å². The fourth-order valence-electron chi connectivity index (χ4n) is 1.91. The second-order valence-electron chi connectivity index (χ2n) is 4.09. The number of hydrogen-bond donors (Lipinski definition) is 1. The molecule has 0 atom stereocenters. The van der Waals surface area contributed by atoms with Gasteiger partial charge in [0.1, 0.15) is 0 Å². The van der Waals surface area contributed by atoms with Crippen LogP contribution in [0.3, 0.4) is 0 Å². The molecule has 0 saturated heterocycles. The Bertz CT molecular complexity index is 521. The lowest BCUT2D eigenvalue weighted by molar-refractivity contribution is 0.185. The minimum Gasteiger partial charge on any atom is -0.392 e. The van der Waals surface area contributed by atoms with Gasteiger partial charge < -0.3 is 9.84 Å². The van der Waals surface area contributed by atoms with Crippen molar-refractivity contribution in [2.75, 3.05) is 7.11 Å². The van der Waals surface area contributed by atoms with Gasteiger partial charge in [0.25, 0.3) is 0 Å². The molecule has 0 heterocycles. The Balaban J connectivity index is 2.41. The third-order valence-electron chi connectivity index (χ3n) is 2.81. The highest BCUT2D eigenvalue weighted by molar-refractivity contribution is 6.30. The second kappa shape index (κ2) is 6.01. The second-order valence-corrected chi connectivity index (χ2v) is 4.53. The number of hydrogen-bond acceptors (Lipinski definition) is 2. The molecule has 0 spiro atoms. The van der Waals surface area contributed by atoms with Crippen molar-refractivity contribution in [3.05, 3.63) is 58.6 Å². The molecule has 94 valence electrons. The van der Waals surface area contributed by atoms with Crippen molar-refractivity contribution >= 4 is 11.6 Å². The Morgan fingerprint density at radius 3 is 2.44 bits per heavy atom. The van der Waals surface area contributed by atoms with Gasteiger partial charge in [-0.2, -0.15) is 0 Å². The predicted octanol–water partition coefficient (Wildman–Crippen LogP) is 3.65. The lowest BCUT2D eigenvalue weighted by Crippen LogP contribution is -1.92. The third kappa shape index (κ3) is 2.91. The van der Waals surface area contributed by atoms with Gasteiger partial charge in [0, 0.05) is 12.1 Å². The minimum atomic E-state index is 0.0613. The molecule has 0 saturated carbocycles. The molecular formula is C15H15ClO2. The summed E-state index contributed by atoms with van der Waals surface area (Å²) in [7, 11) is 1.67. The van der Waals surface area contributed by atoms with Crippen LogP contribution in [0.25, 0.3) is 11.1 Å². The van der Waals surface area contributed by atoms with Crippen molar-refractivity contribution in [2.24, 2.45) is 0 Å². The first-order valence-corrected chi connectivity index (χ1v) is 6.10. The molecule has 0 aromatic heterocycles. The van der Waals surface area contributed by atoms with Crippen molar-refractivity contribution in [2.45, 2.75) is 13.2 Å². The van der Waals surface area contributed by atoms with Gasteiger partial charge in [-0.25, -0.2) is 0 Å². The molecular weight excluding hydrogens is 248 g/mol. The smallest absolute Gasteiger partial charge is 0.0719 e. The van der Waals surface area contributed by atoms with E-state index in [-0.39, 0.29) is 6.61 Å². The summed E-state index contributed by atoms with van der Waals surface area (Å²) < 4.78 is 5.19. The molecule has 0 unspecified atom stereocenters. The van der Waals surface area contributed by atoms with Crippen LogP contribution >= 0.6 is 11.6 Å². The molecule has 0 aliphatic rings. The van der Waals surface area contributed by atoms with Crippen LogP contribution in [-0.4, -0.2) is 12.2 Å². The van der Waals surface area contributed by atoms with E-state index < -0.39 is 0 Å². The molecule has 1 N–H and O–H groups in total. The van der Waals surface area contributed by atoms with E-state index in [1.165, 1.54) is 0 Å². The fourth-order valence-corrected chi connectivity index (χ4v) is 2.10. The number of rotatable bonds is 4. The summed E-state index contributed by atoms with van der Waals surface area (Å²) in [5.74, 6) is 0. The lowest BCUT2D eigenvalue weighted by Gasteiger charge is -2.10. The Kier molecular flexibility index (Phi) is 4.37. The molecule has 2 nitrogen and oxygen atoms in total. The van der Waals surface area contributed by atoms with Crippen LogP contribution in [0.4, 0.5) is 0 Å². The lowest BCUT2D eigenvalue weighted by atomic mass is 9.99. The average Bonchev–Trinajstić information content (AvgIpc) is 2.40. The highest BCUT2D eigenvalue weighted by atomic mass is 35.5. The summed E-state index contributed by atoms with van der Waals surface area (Å²) in [5.41, 5.74) is 4.16. The van der Waals surface area contributed by atoms with E-state index in [2.05, 4.69) is 0 Å². The molecule has 0 fully saturated rings. The monoisotopic (exact) mass is 262 g/mol. The van der Waals surface area contributed by atoms with E-state index in [9.17, 15) is 0 Å². The van der Waals surface area contributed by atoms with Gasteiger partial charge in [-0.05, 0) is 34.4 Å². The van der Waals surface area contributed by atoms with Crippen LogP contribution in [0.5, 0.6) is 0 Å². The number of aliphatic hydroxyl groups excluding tert-OH is 1.